The molecule has 1 saturated heterocycles. The molecule has 0 aromatic rings. The summed E-state index contributed by atoms with van der Waals surface area (Å²) in [6, 6.07) is 0. The van der Waals surface area contributed by atoms with Crippen LogP contribution < -0.4 is 5.32 Å². The summed E-state index contributed by atoms with van der Waals surface area (Å²) >= 11 is 0. The van der Waals surface area contributed by atoms with Gasteiger partial charge in [-0.2, -0.15) is 0 Å². The van der Waals surface area contributed by atoms with Gasteiger partial charge in [-0.3, -0.25) is 0 Å². The van der Waals surface area contributed by atoms with Crippen molar-refractivity contribution in [2.75, 3.05) is 19.7 Å². The fourth-order valence-electron chi connectivity index (χ4n) is 1.29. The molecule has 0 spiro atoms. The van der Waals surface area contributed by atoms with Crippen LogP contribution in [-0.4, -0.2) is 47.2 Å². The van der Waals surface area contributed by atoms with Gasteiger partial charge in [0.2, 0.25) is 0 Å². The van der Waals surface area contributed by atoms with Crippen LogP contribution in [0.1, 0.15) is 6.42 Å². The van der Waals surface area contributed by atoms with Crippen LogP contribution in [0, 0.1) is 5.92 Å². The summed E-state index contributed by atoms with van der Waals surface area (Å²) in [4.78, 5) is 0. The lowest BCUT2D eigenvalue weighted by atomic mass is 10.0. The van der Waals surface area contributed by atoms with E-state index in [1.807, 2.05) is 0 Å². The Bertz CT molecular complexity index is 120. The molecular weight excluding hydrogens is 146 g/mol. The van der Waals surface area contributed by atoms with Crippen molar-refractivity contribution < 1.29 is 15.3 Å². The van der Waals surface area contributed by atoms with Crippen LogP contribution in [-0.2, 0) is 0 Å². The maximum Gasteiger partial charge on any atom is 0.0923 e. The van der Waals surface area contributed by atoms with E-state index in [4.69, 9.17) is 5.11 Å². The molecule has 0 bridgehead atoms. The fraction of sp³-hybridized carbons (Fsp3) is 1.00. The topological polar surface area (TPSA) is 72.7 Å². The van der Waals surface area contributed by atoms with Gasteiger partial charge in [0.1, 0.15) is 0 Å². The summed E-state index contributed by atoms with van der Waals surface area (Å²) in [5.41, 5.74) is 0. The third-order valence-electron chi connectivity index (χ3n) is 2.06. The van der Waals surface area contributed by atoms with E-state index in [0.717, 1.165) is 0 Å². The maximum atomic E-state index is 9.26. The zero-order valence-corrected chi connectivity index (χ0v) is 6.40. The monoisotopic (exact) mass is 161 g/mol. The zero-order chi connectivity index (χ0) is 8.27. The van der Waals surface area contributed by atoms with Gasteiger partial charge in [0.15, 0.2) is 0 Å². The quantitative estimate of drug-likeness (QED) is 0.370. The summed E-state index contributed by atoms with van der Waals surface area (Å²) in [5.74, 6) is 0.0714. The van der Waals surface area contributed by atoms with E-state index < -0.39 is 12.2 Å². The number of hydrogen-bond acceptors (Lipinski definition) is 4. The highest BCUT2D eigenvalue weighted by atomic mass is 16.3. The molecule has 0 aromatic heterocycles. The minimum atomic E-state index is -0.692. The second-order valence-electron chi connectivity index (χ2n) is 3.08. The van der Waals surface area contributed by atoms with Gasteiger partial charge in [-0.25, -0.2) is 0 Å². The summed E-state index contributed by atoms with van der Waals surface area (Å²) in [7, 11) is 0. The lowest BCUT2D eigenvalue weighted by molar-refractivity contribution is 0.0137. The summed E-state index contributed by atoms with van der Waals surface area (Å²) in [5, 5.41) is 30.2. The van der Waals surface area contributed by atoms with E-state index >= 15 is 0 Å². The Morgan fingerprint density at radius 2 is 1.91 bits per heavy atom. The van der Waals surface area contributed by atoms with Crippen LogP contribution in [0.3, 0.4) is 0 Å². The van der Waals surface area contributed by atoms with Gasteiger partial charge < -0.3 is 20.6 Å². The van der Waals surface area contributed by atoms with Crippen LogP contribution in [0.15, 0.2) is 0 Å². The minimum absolute atomic E-state index is 0.0663. The van der Waals surface area contributed by atoms with Crippen molar-refractivity contribution in [1.82, 2.24) is 5.32 Å². The molecule has 0 aromatic carbocycles. The van der Waals surface area contributed by atoms with E-state index in [2.05, 4.69) is 5.32 Å². The molecule has 0 amide bonds. The fourth-order valence-corrected chi connectivity index (χ4v) is 1.29. The summed E-state index contributed by atoms with van der Waals surface area (Å²) < 4.78 is 0. The van der Waals surface area contributed by atoms with Gasteiger partial charge in [-0.1, -0.05) is 0 Å². The minimum Gasteiger partial charge on any atom is -0.396 e. The molecule has 4 nitrogen and oxygen atoms in total. The maximum absolute atomic E-state index is 9.26. The van der Waals surface area contributed by atoms with Crippen LogP contribution in [0.5, 0.6) is 0 Å². The van der Waals surface area contributed by atoms with Gasteiger partial charge >= 0.3 is 0 Å². The van der Waals surface area contributed by atoms with E-state index in [1.54, 1.807) is 0 Å². The molecule has 66 valence electrons. The second-order valence-corrected chi connectivity index (χ2v) is 3.08. The molecule has 0 radical (unpaired) electrons. The molecule has 4 heteroatoms. The largest absolute Gasteiger partial charge is 0.396 e. The van der Waals surface area contributed by atoms with Gasteiger partial charge in [-0.15, -0.1) is 0 Å². The third kappa shape index (κ3) is 2.41. The Morgan fingerprint density at radius 1 is 1.18 bits per heavy atom. The van der Waals surface area contributed by atoms with E-state index in [9.17, 15) is 10.2 Å². The normalized spacial score (nSPS) is 40.1. The highest BCUT2D eigenvalue weighted by Crippen LogP contribution is 2.11. The molecular formula is C7H15NO3. The molecule has 1 aliphatic heterocycles. The number of rotatable bonds is 1. The van der Waals surface area contributed by atoms with Crippen molar-refractivity contribution in [3.05, 3.63) is 0 Å². The summed E-state index contributed by atoms with van der Waals surface area (Å²) in [6.45, 7) is 1.15. The molecule has 0 aliphatic carbocycles. The van der Waals surface area contributed by atoms with Gasteiger partial charge in [0.05, 0.1) is 12.2 Å². The van der Waals surface area contributed by atoms with Crippen LogP contribution >= 0.6 is 0 Å². The Labute approximate surface area is 65.9 Å². The van der Waals surface area contributed by atoms with E-state index in [-0.39, 0.29) is 12.5 Å². The number of aliphatic hydroxyl groups is 3. The predicted molar refractivity (Wildman–Crippen MR) is 40.1 cm³/mol. The first-order valence-corrected chi connectivity index (χ1v) is 3.91. The number of hydrogen-bond donors (Lipinski definition) is 4. The Balaban J connectivity index is 2.41. The van der Waals surface area contributed by atoms with Gasteiger partial charge in [0, 0.05) is 19.7 Å². The van der Waals surface area contributed by atoms with Crippen molar-refractivity contribution in [3.8, 4) is 0 Å². The number of aliphatic hydroxyl groups excluding tert-OH is 3. The highest BCUT2D eigenvalue weighted by molar-refractivity contribution is 4.78. The Hall–Kier alpha value is -0.160. The van der Waals surface area contributed by atoms with Crippen LogP contribution in [0.4, 0.5) is 0 Å². The average molecular weight is 161 g/mol. The van der Waals surface area contributed by atoms with Crippen molar-refractivity contribution in [2.45, 2.75) is 18.6 Å². The van der Waals surface area contributed by atoms with Crippen molar-refractivity contribution in [1.29, 1.82) is 0 Å². The standard InChI is InChI=1S/C7H15NO3/c9-4-5-1-6(10)7(11)3-8-2-5/h5-11H,1-4H2. The van der Waals surface area contributed by atoms with Gasteiger partial charge in [0.25, 0.3) is 0 Å². The van der Waals surface area contributed by atoms with Crippen LogP contribution in [0.2, 0.25) is 0 Å². The first kappa shape index (κ1) is 8.93. The van der Waals surface area contributed by atoms with E-state index in [0.29, 0.717) is 19.5 Å². The lowest BCUT2D eigenvalue weighted by Gasteiger charge is -2.15. The number of nitrogens with one attached hydrogen (secondary N) is 1. The molecule has 3 atom stereocenters. The van der Waals surface area contributed by atoms with Crippen molar-refractivity contribution in [3.63, 3.8) is 0 Å². The Kier molecular flexibility index (Phi) is 3.26. The van der Waals surface area contributed by atoms with Crippen LogP contribution in [0.25, 0.3) is 0 Å². The smallest absolute Gasteiger partial charge is 0.0923 e. The molecule has 3 unspecified atom stereocenters. The Morgan fingerprint density at radius 3 is 2.55 bits per heavy atom. The highest BCUT2D eigenvalue weighted by Gasteiger charge is 2.23. The predicted octanol–water partition coefficient (Wildman–Crippen LogP) is -1.69. The molecule has 0 saturated carbocycles. The first-order chi connectivity index (χ1) is 5.24. The van der Waals surface area contributed by atoms with Crippen molar-refractivity contribution in [2.24, 2.45) is 5.92 Å². The molecule has 1 heterocycles. The average Bonchev–Trinajstić information content (AvgIpc) is 2.15. The van der Waals surface area contributed by atoms with Crippen molar-refractivity contribution >= 4 is 0 Å². The SMILES string of the molecule is OCC1CNCC(O)C(O)C1. The zero-order valence-electron chi connectivity index (χ0n) is 6.40. The second kappa shape index (κ2) is 4.01. The third-order valence-corrected chi connectivity index (χ3v) is 2.06. The van der Waals surface area contributed by atoms with Gasteiger partial charge in [-0.05, 0) is 12.3 Å². The number of β-amino-alcohol motifs (C(OH)–C–C–N with tert-alkyl or cyclic N) is 1. The molecule has 11 heavy (non-hydrogen) atoms. The van der Waals surface area contributed by atoms with E-state index in [1.165, 1.54) is 0 Å². The lowest BCUT2D eigenvalue weighted by Crippen LogP contribution is -2.32. The molecule has 1 rings (SSSR count). The molecule has 4 N–H and O–H groups in total. The molecule has 1 fully saturated rings. The first-order valence-electron chi connectivity index (χ1n) is 3.91. The summed E-state index contributed by atoms with van der Waals surface area (Å²) in [6.07, 6.45) is -0.904. The molecule has 1 aliphatic rings.